The summed E-state index contributed by atoms with van der Waals surface area (Å²) in [7, 11) is 1.94. The van der Waals surface area contributed by atoms with Gasteiger partial charge in [-0.3, -0.25) is 9.63 Å². The number of hydroxylamine groups is 2. The molecular weight excluding hydrogens is 348 g/mol. The Morgan fingerprint density at radius 1 is 0.964 bits per heavy atom. The third-order valence-electron chi connectivity index (χ3n) is 6.19. The van der Waals surface area contributed by atoms with E-state index in [4.69, 9.17) is 4.84 Å². The monoisotopic (exact) mass is 376 g/mol. The van der Waals surface area contributed by atoms with Gasteiger partial charge in [0.15, 0.2) is 5.60 Å². The molecule has 146 valence electrons. The van der Waals surface area contributed by atoms with Crippen molar-refractivity contribution in [2.75, 3.05) is 7.05 Å². The smallest absolute Gasteiger partial charge is 0.261 e. The molecule has 4 rings (SSSR count). The lowest BCUT2D eigenvalue weighted by atomic mass is 9.74. The number of allylic oxidation sites excluding steroid dienone is 1. The first-order valence-electron chi connectivity index (χ1n) is 9.77. The van der Waals surface area contributed by atoms with E-state index in [1.807, 2.05) is 60.3 Å². The molecule has 2 saturated heterocycles. The number of hydrogen-bond acceptors (Lipinski definition) is 3. The van der Waals surface area contributed by atoms with Gasteiger partial charge in [0.1, 0.15) is 0 Å². The molecule has 2 heterocycles. The molecule has 2 aromatic rings. The first kappa shape index (κ1) is 18.9. The van der Waals surface area contributed by atoms with Crippen molar-refractivity contribution in [3.63, 3.8) is 0 Å². The van der Waals surface area contributed by atoms with Crippen LogP contribution < -0.4 is 0 Å². The minimum Gasteiger partial charge on any atom is -0.309 e. The van der Waals surface area contributed by atoms with Crippen LogP contribution in [0.5, 0.6) is 0 Å². The van der Waals surface area contributed by atoms with Crippen molar-refractivity contribution in [2.24, 2.45) is 0 Å². The maximum atomic E-state index is 13.6. The van der Waals surface area contributed by atoms with Crippen LogP contribution in [0.4, 0.5) is 0 Å². The number of benzene rings is 2. The number of carbonyl (C=O) groups is 1. The van der Waals surface area contributed by atoms with Crippen molar-refractivity contribution in [3.05, 3.63) is 84.1 Å². The number of rotatable bonds is 3. The van der Waals surface area contributed by atoms with Crippen LogP contribution in [0.25, 0.3) is 0 Å². The average Bonchev–Trinajstić information content (AvgIpc) is 3.06. The summed E-state index contributed by atoms with van der Waals surface area (Å²) >= 11 is 0. The van der Waals surface area contributed by atoms with Gasteiger partial charge in [-0.25, -0.2) is 0 Å². The molecule has 4 heteroatoms. The summed E-state index contributed by atoms with van der Waals surface area (Å²) in [5.41, 5.74) is 1.24. The van der Waals surface area contributed by atoms with Gasteiger partial charge in [-0.1, -0.05) is 67.2 Å². The van der Waals surface area contributed by atoms with E-state index in [9.17, 15) is 4.79 Å². The summed E-state index contributed by atoms with van der Waals surface area (Å²) < 4.78 is 0. The maximum absolute atomic E-state index is 13.6. The Morgan fingerprint density at radius 2 is 1.46 bits per heavy atom. The summed E-state index contributed by atoms with van der Waals surface area (Å²) in [5.74, 6) is 0.00517. The minimum atomic E-state index is -0.900. The van der Waals surface area contributed by atoms with E-state index in [1.54, 1.807) is 0 Å². The van der Waals surface area contributed by atoms with Crippen molar-refractivity contribution in [3.8, 4) is 0 Å². The third kappa shape index (κ3) is 2.55. The molecule has 4 nitrogen and oxygen atoms in total. The third-order valence-corrected chi connectivity index (χ3v) is 6.19. The summed E-state index contributed by atoms with van der Waals surface area (Å²) in [5, 5.41) is 1.90. The topological polar surface area (TPSA) is 32.8 Å². The van der Waals surface area contributed by atoms with Gasteiger partial charge in [-0.05, 0) is 31.9 Å². The van der Waals surface area contributed by atoms with E-state index in [2.05, 4.69) is 44.7 Å². The highest BCUT2D eigenvalue weighted by molar-refractivity contribution is 5.90. The molecule has 1 atom stereocenters. The second-order valence-electron chi connectivity index (χ2n) is 8.72. The summed E-state index contributed by atoms with van der Waals surface area (Å²) in [4.78, 5) is 21.9. The van der Waals surface area contributed by atoms with E-state index >= 15 is 0 Å². The van der Waals surface area contributed by atoms with Gasteiger partial charge in [-0.2, -0.15) is 5.06 Å². The fourth-order valence-corrected chi connectivity index (χ4v) is 5.29. The molecule has 0 aromatic heterocycles. The quantitative estimate of drug-likeness (QED) is 0.792. The van der Waals surface area contributed by atoms with Crippen molar-refractivity contribution >= 4 is 5.91 Å². The van der Waals surface area contributed by atoms with Crippen LogP contribution in [0.3, 0.4) is 0 Å². The first-order chi connectivity index (χ1) is 13.2. The van der Waals surface area contributed by atoms with Crippen LogP contribution in [0, 0.1) is 0 Å². The summed E-state index contributed by atoms with van der Waals surface area (Å²) in [6, 6.07) is 20.7. The molecule has 2 aromatic carbocycles. The lowest BCUT2D eigenvalue weighted by Gasteiger charge is -2.35. The first-order valence-corrected chi connectivity index (χ1v) is 9.77. The Morgan fingerprint density at radius 3 is 1.89 bits per heavy atom. The lowest BCUT2D eigenvalue weighted by Crippen LogP contribution is -2.42. The van der Waals surface area contributed by atoms with Gasteiger partial charge >= 0.3 is 0 Å². The Kier molecular flexibility index (Phi) is 4.25. The fourth-order valence-electron chi connectivity index (χ4n) is 5.29. The van der Waals surface area contributed by atoms with E-state index in [1.165, 1.54) is 0 Å². The predicted octanol–water partition coefficient (Wildman–Crippen LogP) is 4.48. The van der Waals surface area contributed by atoms with Crippen molar-refractivity contribution in [1.29, 1.82) is 0 Å². The molecule has 28 heavy (non-hydrogen) atoms. The predicted molar refractivity (Wildman–Crippen MR) is 110 cm³/mol. The van der Waals surface area contributed by atoms with Gasteiger partial charge in [0.05, 0.1) is 5.54 Å². The molecule has 0 N–H and O–H groups in total. The molecule has 0 bridgehead atoms. The Hall–Kier alpha value is -2.43. The highest BCUT2D eigenvalue weighted by atomic mass is 16.7. The van der Waals surface area contributed by atoms with Gasteiger partial charge in [0, 0.05) is 31.1 Å². The Balaban J connectivity index is 1.88. The van der Waals surface area contributed by atoms with Gasteiger partial charge in [-0.15, -0.1) is 0 Å². The Bertz CT molecular complexity index is 867. The van der Waals surface area contributed by atoms with Crippen LogP contribution in [0.15, 0.2) is 72.9 Å². The lowest BCUT2D eigenvalue weighted by molar-refractivity contribution is -0.203. The number of likely N-dealkylation sites (tertiary alicyclic amines) is 1. The molecular formula is C24H28N2O2. The zero-order valence-electron chi connectivity index (χ0n) is 17.1. The molecule has 1 spiro atoms. The SMILES string of the molecule is C=C(C)N1C(=O)C2(CC1(C)C)CC(c1ccccc1)(c1ccccc1)N(C)O2. The Labute approximate surface area is 167 Å². The molecule has 2 aliphatic rings. The van der Waals surface area contributed by atoms with Crippen molar-refractivity contribution < 1.29 is 9.63 Å². The highest BCUT2D eigenvalue weighted by Gasteiger charge is 2.66. The van der Waals surface area contributed by atoms with E-state index < -0.39 is 11.1 Å². The number of amides is 1. The van der Waals surface area contributed by atoms with Crippen molar-refractivity contribution in [2.45, 2.75) is 50.3 Å². The van der Waals surface area contributed by atoms with Crippen molar-refractivity contribution in [1.82, 2.24) is 9.96 Å². The van der Waals surface area contributed by atoms with E-state index in [-0.39, 0.29) is 11.4 Å². The van der Waals surface area contributed by atoms with Gasteiger partial charge < -0.3 is 4.90 Å². The maximum Gasteiger partial charge on any atom is 0.261 e. The average molecular weight is 377 g/mol. The largest absolute Gasteiger partial charge is 0.309 e. The van der Waals surface area contributed by atoms with Crippen LogP contribution in [0.2, 0.25) is 0 Å². The molecule has 0 radical (unpaired) electrons. The molecule has 1 unspecified atom stereocenters. The second-order valence-corrected chi connectivity index (χ2v) is 8.72. The summed E-state index contributed by atoms with van der Waals surface area (Å²) in [6.45, 7) is 10.1. The zero-order chi connectivity index (χ0) is 20.2. The normalized spacial score (nSPS) is 26.1. The highest BCUT2D eigenvalue weighted by Crippen LogP contribution is 2.55. The zero-order valence-corrected chi connectivity index (χ0v) is 17.1. The van der Waals surface area contributed by atoms with Crippen LogP contribution >= 0.6 is 0 Å². The number of hydrogen-bond donors (Lipinski definition) is 0. The molecule has 0 aliphatic carbocycles. The molecule has 0 saturated carbocycles. The number of carbonyl (C=O) groups excluding carboxylic acids is 1. The minimum absolute atomic E-state index is 0.00517. The molecule has 2 fully saturated rings. The molecule has 1 amide bonds. The second kappa shape index (κ2) is 6.29. The summed E-state index contributed by atoms with van der Waals surface area (Å²) in [6.07, 6.45) is 1.19. The van der Waals surface area contributed by atoms with Crippen LogP contribution in [-0.2, 0) is 15.2 Å². The van der Waals surface area contributed by atoms with Gasteiger partial charge in [0.2, 0.25) is 0 Å². The van der Waals surface area contributed by atoms with Gasteiger partial charge in [0.25, 0.3) is 5.91 Å². The molecule has 2 aliphatic heterocycles. The van der Waals surface area contributed by atoms with Crippen LogP contribution in [0.1, 0.15) is 44.7 Å². The van der Waals surface area contributed by atoms with E-state index in [0.29, 0.717) is 12.8 Å². The standard InChI is InChI=1S/C24H28N2O2/c1-18(2)26-21(27)23(16-22(26,3)4)17-24(25(5)28-23,19-12-8-6-9-13-19)20-14-10-7-11-15-20/h6-15H,1,16-17H2,2-5H3. The van der Waals surface area contributed by atoms with E-state index in [0.717, 1.165) is 16.8 Å². The number of nitrogens with zero attached hydrogens (tertiary/aromatic N) is 2. The van der Waals surface area contributed by atoms with Crippen LogP contribution in [-0.4, -0.2) is 34.1 Å². The fraction of sp³-hybridized carbons (Fsp3) is 0.375.